The first-order valence-corrected chi connectivity index (χ1v) is 8.27. The average Bonchev–Trinajstić information content (AvgIpc) is 2.36. The van der Waals surface area contributed by atoms with Gasteiger partial charge in [-0.3, -0.25) is 0 Å². The van der Waals surface area contributed by atoms with Gasteiger partial charge in [0.05, 0.1) is 4.47 Å². The summed E-state index contributed by atoms with van der Waals surface area (Å²) >= 11 is 4.90. The molecule has 1 unspecified atom stereocenters. The summed E-state index contributed by atoms with van der Waals surface area (Å²) in [5.41, 5.74) is 0.157. The number of hydrogen-bond acceptors (Lipinski definition) is 2. The van der Waals surface area contributed by atoms with Crippen molar-refractivity contribution in [3.05, 3.63) is 33.8 Å². The number of likely N-dealkylation sites (N-methyl/N-ethyl adjacent to an activating group) is 1. The number of hydrogen-bond donors (Lipinski definition) is 1. The summed E-state index contributed by atoms with van der Waals surface area (Å²) in [6.45, 7) is 7.03. The highest BCUT2D eigenvalue weighted by molar-refractivity contribution is 9.10. The molecular formula is C14H20BrF2NS. The fourth-order valence-corrected chi connectivity index (χ4v) is 3.01. The van der Waals surface area contributed by atoms with Gasteiger partial charge in [0.15, 0.2) is 0 Å². The summed E-state index contributed by atoms with van der Waals surface area (Å²) < 4.78 is 28.0. The van der Waals surface area contributed by atoms with Crippen LogP contribution in [0.15, 0.2) is 16.6 Å². The maximum absolute atomic E-state index is 13.9. The number of nitrogens with one attached hydrogen (secondary N) is 1. The molecule has 0 aliphatic carbocycles. The van der Waals surface area contributed by atoms with Gasteiger partial charge in [0.2, 0.25) is 0 Å². The zero-order valence-corrected chi connectivity index (χ0v) is 13.9. The van der Waals surface area contributed by atoms with Crippen LogP contribution in [-0.2, 0) is 6.42 Å². The lowest BCUT2D eigenvalue weighted by Crippen LogP contribution is -2.34. The molecule has 0 aliphatic rings. The van der Waals surface area contributed by atoms with Gasteiger partial charge in [0.25, 0.3) is 0 Å². The fourth-order valence-electron chi connectivity index (χ4n) is 1.79. The molecule has 0 aliphatic heterocycles. The van der Waals surface area contributed by atoms with Gasteiger partial charge < -0.3 is 5.32 Å². The summed E-state index contributed by atoms with van der Waals surface area (Å²) in [5.74, 6) is -0.118. The maximum Gasteiger partial charge on any atom is 0.143 e. The highest BCUT2D eigenvalue weighted by atomic mass is 79.9. The third kappa shape index (κ3) is 5.40. The largest absolute Gasteiger partial charge is 0.313 e. The van der Waals surface area contributed by atoms with Crippen molar-refractivity contribution >= 4 is 27.7 Å². The van der Waals surface area contributed by atoms with Gasteiger partial charge in [0.1, 0.15) is 11.6 Å². The second kappa shape index (κ2) is 8.22. The van der Waals surface area contributed by atoms with Crippen molar-refractivity contribution in [2.75, 3.05) is 12.3 Å². The minimum absolute atomic E-state index is 0.0794. The summed E-state index contributed by atoms with van der Waals surface area (Å²) in [6, 6.07) is 2.79. The highest BCUT2D eigenvalue weighted by Crippen LogP contribution is 2.23. The van der Waals surface area contributed by atoms with Crippen molar-refractivity contribution in [2.24, 2.45) is 0 Å². The average molecular weight is 352 g/mol. The first-order chi connectivity index (χ1) is 8.95. The lowest BCUT2D eigenvalue weighted by Gasteiger charge is -2.19. The highest BCUT2D eigenvalue weighted by Gasteiger charge is 2.17. The Hall–Kier alpha value is -0.130. The Bertz CT molecular complexity index is 413. The van der Waals surface area contributed by atoms with Crippen LogP contribution in [0, 0.1) is 11.6 Å². The van der Waals surface area contributed by atoms with E-state index in [-0.39, 0.29) is 11.6 Å². The molecule has 0 bridgehead atoms. The van der Waals surface area contributed by atoms with Gasteiger partial charge in [-0.2, -0.15) is 11.8 Å². The molecule has 0 saturated heterocycles. The molecule has 0 spiro atoms. The Morgan fingerprint density at radius 2 is 2.00 bits per heavy atom. The predicted molar refractivity (Wildman–Crippen MR) is 82.8 cm³/mol. The molecule has 0 aromatic heterocycles. The van der Waals surface area contributed by atoms with E-state index in [1.807, 2.05) is 6.92 Å². The molecule has 19 heavy (non-hydrogen) atoms. The number of rotatable bonds is 7. The molecule has 1 N–H and O–H groups in total. The Morgan fingerprint density at radius 1 is 1.32 bits per heavy atom. The van der Waals surface area contributed by atoms with Gasteiger partial charge in [-0.05, 0) is 46.3 Å². The molecule has 1 nitrogen and oxygen atoms in total. The quantitative estimate of drug-likeness (QED) is 0.731. The third-order valence-corrected chi connectivity index (χ3v) is 4.59. The molecule has 1 aromatic carbocycles. The number of benzene rings is 1. The fraction of sp³-hybridized carbons (Fsp3) is 0.571. The van der Waals surface area contributed by atoms with Crippen LogP contribution < -0.4 is 5.32 Å². The van der Waals surface area contributed by atoms with Crippen LogP contribution in [0.1, 0.15) is 26.3 Å². The van der Waals surface area contributed by atoms with E-state index < -0.39 is 11.6 Å². The van der Waals surface area contributed by atoms with E-state index in [2.05, 4.69) is 35.1 Å². The van der Waals surface area contributed by atoms with E-state index in [0.29, 0.717) is 16.1 Å². The third-order valence-electron chi connectivity index (χ3n) is 2.71. The van der Waals surface area contributed by atoms with Gasteiger partial charge in [0, 0.05) is 17.4 Å². The van der Waals surface area contributed by atoms with Gasteiger partial charge in [-0.25, -0.2) is 8.78 Å². The molecule has 0 radical (unpaired) electrons. The normalized spacial score (nSPS) is 13.0. The van der Waals surface area contributed by atoms with E-state index in [4.69, 9.17) is 0 Å². The van der Waals surface area contributed by atoms with E-state index in [9.17, 15) is 8.78 Å². The number of halogens is 3. The molecule has 1 aromatic rings. The molecular weight excluding hydrogens is 332 g/mol. The first-order valence-electron chi connectivity index (χ1n) is 6.43. The maximum atomic E-state index is 13.9. The Morgan fingerprint density at radius 3 is 2.58 bits per heavy atom. The zero-order chi connectivity index (χ0) is 14.4. The Labute approximate surface area is 126 Å². The molecule has 108 valence electrons. The van der Waals surface area contributed by atoms with Crippen molar-refractivity contribution in [2.45, 2.75) is 38.5 Å². The van der Waals surface area contributed by atoms with Gasteiger partial charge >= 0.3 is 0 Å². The number of thioether (sulfide) groups is 1. The second-order valence-electron chi connectivity index (χ2n) is 4.66. The predicted octanol–water partition coefficient (Wildman–Crippen LogP) is 4.39. The summed E-state index contributed by atoms with van der Waals surface area (Å²) in [7, 11) is 0. The van der Waals surface area contributed by atoms with Crippen LogP contribution in [0.3, 0.4) is 0 Å². The minimum Gasteiger partial charge on any atom is -0.313 e. The smallest absolute Gasteiger partial charge is 0.143 e. The topological polar surface area (TPSA) is 12.0 Å². The van der Waals surface area contributed by atoms with E-state index in [1.54, 1.807) is 11.8 Å². The van der Waals surface area contributed by atoms with Gasteiger partial charge in [-0.15, -0.1) is 0 Å². The Balaban J connectivity index is 2.81. The molecule has 0 saturated carbocycles. The summed E-state index contributed by atoms with van der Waals surface area (Å²) in [4.78, 5) is 0. The monoisotopic (exact) mass is 351 g/mol. The van der Waals surface area contributed by atoms with Crippen LogP contribution in [0.4, 0.5) is 8.78 Å². The van der Waals surface area contributed by atoms with Crippen LogP contribution in [0.25, 0.3) is 0 Å². The lowest BCUT2D eigenvalue weighted by atomic mass is 10.1. The van der Waals surface area contributed by atoms with E-state index >= 15 is 0 Å². The van der Waals surface area contributed by atoms with Crippen LogP contribution >= 0.6 is 27.7 Å². The van der Waals surface area contributed by atoms with Crippen molar-refractivity contribution in [3.8, 4) is 0 Å². The van der Waals surface area contributed by atoms with Crippen LogP contribution in [0.2, 0.25) is 0 Å². The van der Waals surface area contributed by atoms with Crippen molar-refractivity contribution in [3.63, 3.8) is 0 Å². The molecule has 1 rings (SSSR count). The van der Waals surface area contributed by atoms with E-state index in [1.165, 1.54) is 12.1 Å². The molecule has 5 heteroatoms. The molecule has 0 heterocycles. The zero-order valence-electron chi connectivity index (χ0n) is 11.5. The lowest BCUT2D eigenvalue weighted by molar-refractivity contribution is 0.509. The van der Waals surface area contributed by atoms with Crippen molar-refractivity contribution in [1.29, 1.82) is 0 Å². The first kappa shape index (κ1) is 16.9. The van der Waals surface area contributed by atoms with Crippen molar-refractivity contribution < 1.29 is 8.78 Å². The van der Waals surface area contributed by atoms with E-state index in [0.717, 1.165) is 12.3 Å². The van der Waals surface area contributed by atoms with Crippen molar-refractivity contribution in [1.82, 2.24) is 5.32 Å². The standard InChI is InChI=1S/C14H20BrF2NS/c1-4-18-10(8-19-9(2)3)7-11-13(16)6-5-12(15)14(11)17/h5-6,9-10,18H,4,7-8H2,1-3H3. The Kier molecular flexibility index (Phi) is 7.32. The summed E-state index contributed by atoms with van der Waals surface area (Å²) in [6.07, 6.45) is 0.366. The minimum atomic E-state index is -0.488. The molecule has 0 fully saturated rings. The van der Waals surface area contributed by atoms with Crippen LogP contribution in [0.5, 0.6) is 0 Å². The SMILES string of the molecule is CCNC(CSC(C)C)Cc1c(F)ccc(Br)c1F. The second-order valence-corrected chi connectivity index (χ2v) is 7.13. The molecule has 1 atom stereocenters. The van der Waals surface area contributed by atoms with Crippen LogP contribution in [-0.4, -0.2) is 23.6 Å². The summed E-state index contributed by atoms with van der Waals surface area (Å²) in [5, 5.41) is 3.80. The van der Waals surface area contributed by atoms with Gasteiger partial charge in [-0.1, -0.05) is 20.8 Å². The molecule has 0 amide bonds.